The van der Waals surface area contributed by atoms with Crippen molar-refractivity contribution in [1.82, 2.24) is 15.7 Å². The third-order valence-electron chi connectivity index (χ3n) is 8.88. The Labute approximate surface area is 270 Å². The molecular weight excluding hydrogens is 586 g/mol. The first-order chi connectivity index (χ1) is 22.4. The molecule has 2 amide bonds. The Morgan fingerprint density at radius 2 is 1.59 bits per heavy atom. The summed E-state index contributed by atoms with van der Waals surface area (Å²) in [4.78, 5) is 25.7. The van der Waals surface area contributed by atoms with Crippen molar-refractivity contribution in [2.75, 3.05) is 19.7 Å². The van der Waals surface area contributed by atoms with E-state index in [1.165, 1.54) is 0 Å². The van der Waals surface area contributed by atoms with Crippen molar-refractivity contribution in [1.29, 1.82) is 0 Å². The van der Waals surface area contributed by atoms with Crippen LogP contribution in [0.4, 0.5) is 0 Å². The summed E-state index contributed by atoms with van der Waals surface area (Å²) in [5.74, 6) is -0.527. The number of unbranched alkanes of at least 4 members (excludes halogenated alkanes) is 1. The first kappa shape index (κ1) is 33.7. The molecule has 3 aromatic carbocycles. The van der Waals surface area contributed by atoms with Gasteiger partial charge in [-0.25, -0.2) is 5.48 Å². The highest BCUT2D eigenvalue weighted by Gasteiger charge is 2.35. The number of nitrogens with zero attached hydrogens (tertiary/aromatic N) is 1. The van der Waals surface area contributed by atoms with Gasteiger partial charge in [0.15, 0.2) is 6.29 Å². The molecule has 2 aliphatic rings. The van der Waals surface area contributed by atoms with E-state index in [1.807, 2.05) is 54.6 Å². The molecule has 0 bridgehead atoms. The van der Waals surface area contributed by atoms with Crippen LogP contribution < -0.4 is 10.8 Å². The van der Waals surface area contributed by atoms with Crippen LogP contribution in [-0.2, 0) is 32.2 Å². The van der Waals surface area contributed by atoms with Crippen LogP contribution in [0, 0.1) is 0 Å². The number of benzene rings is 3. The Morgan fingerprint density at radius 1 is 0.848 bits per heavy atom. The fourth-order valence-electron chi connectivity index (χ4n) is 6.25. The van der Waals surface area contributed by atoms with Crippen molar-refractivity contribution in [2.24, 2.45) is 0 Å². The Bertz CT molecular complexity index is 1420. The number of hydrogen-bond acceptors (Lipinski definition) is 8. The van der Waals surface area contributed by atoms with E-state index < -0.39 is 12.2 Å². The molecule has 5 N–H and O–H groups in total. The minimum atomic E-state index is -0.551. The fourth-order valence-corrected chi connectivity index (χ4v) is 6.25. The largest absolute Gasteiger partial charge is 0.395 e. The van der Waals surface area contributed by atoms with E-state index in [2.05, 4.69) is 28.4 Å². The predicted octanol–water partition coefficient (Wildman–Crippen LogP) is 4.53. The van der Waals surface area contributed by atoms with Gasteiger partial charge in [0.1, 0.15) is 0 Å². The van der Waals surface area contributed by atoms with E-state index in [4.69, 9.17) is 14.7 Å². The van der Waals surface area contributed by atoms with Crippen LogP contribution in [0.5, 0.6) is 0 Å². The molecule has 246 valence electrons. The molecule has 3 aromatic rings. The fraction of sp³-hybridized carbons (Fsp3) is 0.444. The number of aliphatic hydroxyl groups excluding tert-OH is 2. The second-order valence-corrected chi connectivity index (χ2v) is 12.2. The van der Waals surface area contributed by atoms with Crippen molar-refractivity contribution in [3.05, 3.63) is 95.1 Å². The molecule has 2 saturated heterocycles. The van der Waals surface area contributed by atoms with Gasteiger partial charge in [-0.15, -0.1) is 0 Å². The SMILES string of the molecule is O=C(CCCCC(=O)NCc1cccc(-c2ccc(C3OC(CN4CCCC4CO)CC(c4ccc(CO)cc4)O3)cc2)c1)NO. The summed E-state index contributed by atoms with van der Waals surface area (Å²) < 4.78 is 13.1. The van der Waals surface area contributed by atoms with E-state index in [1.54, 1.807) is 5.48 Å². The molecule has 10 heteroatoms. The zero-order valence-corrected chi connectivity index (χ0v) is 26.1. The van der Waals surface area contributed by atoms with Gasteiger partial charge in [-0.3, -0.25) is 19.7 Å². The predicted molar refractivity (Wildman–Crippen MR) is 172 cm³/mol. The number of likely N-dealkylation sites (tertiary alicyclic amines) is 1. The summed E-state index contributed by atoms with van der Waals surface area (Å²) in [6.07, 6.45) is 3.59. The molecule has 46 heavy (non-hydrogen) atoms. The van der Waals surface area contributed by atoms with Crippen LogP contribution in [0.2, 0.25) is 0 Å². The van der Waals surface area contributed by atoms with Gasteiger partial charge < -0.3 is 25.0 Å². The summed E-state index contributed by atoms with van der Waals surface area (Å²) >= 11 is 0. The first-order valence-corrected chi connectivity index (χ1v) is 16.2. The van der Waals surface area contributed by atoms with E-state index in [0.29, 0.717) is 32.2 Å². The Hall–Kier alpha value is -3.64. The Kier molecular flexibility index (Phi) is 12.3. The van der Waals surface area contributed by atoms with Crippen LogP contribution in [0.25, 0.3) is 11.1 Å². The summed E-state index contributed by atoms with van der Waals surface area (Å²) in [5.41, 5.74) is 7.47. The minimum absolute atomic E-state index is 0.00336. The molecule has 0 spiro atoms. The maximum absolute atomic E-state index is 12.3. The highest BCUT2D eigenvalue weighted by Crippen LogP contribution is 2.39. The molecule has 0 radical (unpaired) electrons. The van der Waals surface area contributed by atoms with Gasteiger partial charge in [-0.1, -0.05) is 66.7 Å². The van der Waals surface area contributed by atoms with Crippen LogP contribution in [0.15, 0.2) is 72.8 Å². The second kappa shape index (κ2) is 16.8. The van der Waals surface area contributed by atoms with E-state index in [-0.39, 0.29) is 43.8 Å². The van der Waals surface area contributed by atoms with Crippen LogP contribution >= 0.6 is 0 Å². The summed E-state index contributed by atoms with van der Waals surface area (Å²) in [6, 6.07) is 24.3. The molecule has 2 aliphatic heterocycles. The monoisotopic (exact) mass is 631 g/mol. The maximum atomic E-state index is 12.3. The molecule has 5 rings (SSSR count). The zero-order chi connectivity index (χ0) is 32.3. The zero-order valence-electron chi connectivity index (χ0n) is 26.1. The summed E-state index contributed by atoms with van der Waals surface area (Å²) in [7, 11) is 0. The van der Waals surface area contributed by atoms with Crippen LogP contribution in [0.1, 0.15) is 79.6 Å². The summed E-state index contributed by atoms with van der Waals surface area (Å²) in [6.45, 7) is 2.24. The normalized spacial score (nSPS) is 21.6. The van der Waals surface area contributed by atoms with Gasteiger partial charge >= 0.3 is 0 Å². The highest BCUT2D eigenvalue weighted by molar-refractivity contribution is 5.76. The quantitative estimate of drug-likeness (QED) is 0.0994. The maximum Gasteiger partial charge on any atom is 0.243 e. The molecule has 4 unspecified atom stereocenters. The lowest BCUT2D eigenvalue weighted by Crippen LogP contribution is -2.42. The molecule has 0 aliphatic carbocycles. The smallest absolute Gasteiger partial charge is 0.243 e. The highest BCUT2D eigenvalue weighted by atomic mass is 16.7. The average molecular weight is 632 g/mol. The second-order valence-electron chi connectivity index (χ2n) is 12.2. The molecule has 4 atom stereocenters. The molecular formula is C36H45N3O7. The topological polar surface area (TPSA) is 141 Å². The first-order valence-electron chi connectivity index (χ1n) is 16.2. The van der Waals surface area contributed by atoms with Gasteiger partial charge in [-0.2, -0.15) is 0 Å². The number of hydroxylamine groups is 1. The lowest BCUT2D eigenvalue weighted by atomic mass is 9.98. The van der Waals surface area contributed by atoms with E-state index in [9.17, 15) is 19.8 Å². The number of carbonyl (C=O) groups excluding carboxylic acids is 2. The van der Waals surface area contributed by atoms with Crippen molar-refractivity contribution in [2.45, 2.75) is 82.6 Å². The van der Waals surface area contributed by atoms with Crippen molar-refractivity contribution >= 4 is 11.8 Å². The number of nitrogens with one attached hydrogen (secondary N) is 2. The number of hydrogen-bond donors (Lipinski definition) is 5. The van der Waals surface area contributed by atoms with Gasteiger partial charge in [0.2, 0.25) is 11.8 Å². The van der Waals surface area contributed by atoms with E-state index in [0.717, 1.165) is 59.3 Å². The van der Waals surface area contributed by atoms with Gasteiger partial charge in [-0.05, 0) is 66.1 Å². The van der Waals surface area contributed by atoms with E-state index >= 15 is 0 Å². The van der Waals surface area contributed by atoms with Gasteiger partial charge in [0.05, 0.1) is 25.4 Å². The number of amides is 2. The van der Waals surface area contributed by atoms with Crippen molar-refractivity contribution < 1.29 is 34.5 Å². The molecule has 10 nitrogen and oxygen atoms in total. The van der Waals surface area contributed by atoms with Crippen molar-refractivity contribution in [3.8, 4) is 11.1 Å². The lowest BCUT2D eigenvalue weighted by molar-refractivity contribution is -0.253. The number of rotatable bonds is 14. The average Bonchev–Trinajstić information content (AvgIpc) is 3.56. The Morgan fingerprint density at radius 3 is 2.30 bits per heavy atom. The van der Waals surface area contributed by atoms with Crippen molar-refractivity contribution in [3.63, 3.8) is 0 Å². The third kappa shape index (κ3) is 9.22. The van der Waals surface area contributed by atoms with Crippen LogP contribution in [0.3, 0.4) is 0 Å². The number of ether oxygens (including phenoxy) is 2. The molecule has 0 saturated carbocycles. The van der Waals surface area contributed by atoms with Gasteiger partial charge in [0.25, 0.3) is 0 Å². The molecule has 2 fully saturated rings. The lowest BCUT2D eigenvalue weighted by Gasteiger charge is -2.38. The number of carbonyl (C=O) groups is 2. The Balaban J connectivity index is 1.23. The summed E-state index contributed by atoms with van der Waals surface area (Å²) in [5, 5.41) is 30.9. The minimum Gasteiger partial charge on any atom is -0.395 e. The third-order valence-corrected chi connectivity index (χ3v) is 8.88. The van der Waals surface area contributed by atoms with Crippen LogP contribution in [-0.4, -0.2) is 64.0 Å². The molecule has 0 aromatic heterocycles. The standard InChI is InChI=1S/C36H45N3O7/c40-23-25-10-12-28(13-11-25)33-20-32(22-39-18-4-7-31(39)24-41)45-36(46-33)29-16-14-27(15-17-29)30-6-3-5-26(19-30)21-37-34(42)8-1-2-9-35(43)38-44/h3,5-6,10-17,19,31-33,36,40-41,44H,1-2,4,7-9,18,20-24H2,(H,37,42)(H,38,43). The number of aliphatic hydroxyl groups is 2. The van der Waals surface area contributed by atoms with Gasteiger partial charge in [0, 0.05) is 44.0 Å². The molecule has 2 heterocycles.